The van der Waals surface area contributed by atoms with E-state index in [-0.39, 0.29) is 17.7 Å². The van der Waals surface area contributed by atoms with Gasteiger partial charge in [0.1, 0.15) is 6.04 Å². The van der Waals surface area contributed by atoms with Gasteiger partial charge in [0.05, 0.1) is 0 Å². The Labute approximate surface area is 103 Å². The SMILES string of the molecule is CC(C)C[C@@H](NC(=O)C1CCCCC1)C(=O)O. The van der Waals surface area contributed by atoms with Crippen molar-refractivity contribution in [2.24, 2.45) is 11.8 Å². The van der Waals surface area contributed by atoms with Crippen molar-refractivity contribution in [3.8, 4) is 0 Å². The Morgan fingerprint density at radius 2 is 1.82 bits per heavy atom. The van der Waals surface area contributed by atoms with E-state index in [1.165, 1.54) is 6.42 Å². The van der Waals surface area contributed by atoms with Gasteiger partial charge in [-0.3, -0.25) is 4.79 Å². The number of carboxylic acid groups (broad SMARTS) is 1. The Balaban J connectivity index is 2.47. The van der Waals surface area contributed by atoms with Crippen LogP contribution in [-0.2, 0) is 9.59 Å². The average molecular weight is 241 g/mol. The highest BCUT2D eigenvalue weighted by Crippen LogP contribution is 2.23. The van der Waals surface area contributed by atoms with Crippen LogP contribution in [0.15, 0.2) is 0 Å². The molecule has 0 saturated heterocycles. The zero-order valence-electron chi connectivity index (χ0n) is 10.7. The Morgan fingerprint density at radius 1 is 1.24 bits per heavy atom. The lowest BCUT2D eigenvalue weighted by molar-refractivity contribution is -0.143. The maximum absolute atomic E-state index is 11.9. The molecule has 1 saturated carbocycles. The highest BCUT2D eigenvalue weighted by atomic mass is 16.4. The van der Waals surface area contributed by atoms with Gasteiger partial charge in [0.15, 0.2) is 0 Å². The standard InChI is InChI=1S/C13H23NO3/c1-9(2)8-11(13(16)17)14-12(15)10-6-4-3-5-7-10/h9-11H,3-8H2,1-2H3,(H,14,15)(H,16,17)/t11-/m1/s1. The summed E-state index contributed by atoms with van der Waals surface area (Å²) in [5.74, 6) is -0.707. The van der Waals surface area contributed by atoms with Gasteiger partial charge in [-0.25, -0.2) is 4.79 Å². The zero-order chi connectivity index (χ0) is 12.8. The number of nitrogens with one attached hydrogen (secondary N) is 1. The predicted octanol–water partition coefficient (Wildman–Crippen LogP) is 2.18. The molecule has 0 spiro atoms. The molecule has 0 heterocycles. The lowest BCUT2D eigenvalue weighted by Crippen LogP contribution is -2.44. The van der Waals surface area contributed by atoms with Crippen LogP contribution in [0.4, 0.5) is 0 Å². The first kappa shape index (κ1) is 14.0. The number of carbonyl (C=O) groups is 2. The van der Waals surface area contributed by atoms with Gasteiger partial charge in [0.2, 0.25) is 5.91 Å². The lowest BCUT2D eigenvalue weighted by atomic mass is 9.88. The molecule has 2 N–H and O–H groups in total. The molecular weight excluding hydrogens is 218 g/mol. The van der Waals surface area contributed by atoms with Gasteiger partial charge in [-0.2, -0.15) is 0 Å². The molecule has 1 aliphatic carbocycles. The van der Waals surface area contributed by atoms with E-state index in [1.54, 1.807) is 0 Å². The summed E-state index contributed by atoms with van der Waals surface area (Å²) in [6, 6.07) is -0.732. The van der Waals surface area contributed by atoms with Crippen LogP contribution >= 0.6 is 0 Å². The van der Waals surface area contributed by atoms with Crippen molar-refractivity contribution in [1.82, 2.24) is 5.32 Å². The third-order valence-electron chi connectivity index (χ3n) is 3.30. The summed E-state index contributed by atoms with van der Waals surface area (Å²) in [5, 5.41) is 11.7. The molecule has 4 heteroatoms. The first-order valence-corrected chi connectivity index (χ1v) is 6.54. The van der Waals surface area contributed by atoms with E-state index in [0.717, 1.165) is 25.7 Å². The van der Waals surface area contributed by atoms with Crippen molar-refractivity contribution >= 4 is 11.9 Å². The fourth-order valence-corrected chi connectivity index (χ4v) is 2.35. The molecule has 1 fully saturated rings. The lowest BCUT2D eigenvalue weighted by Gasteiger charge is -2.23. The van der Waals surface area contributed by atoms with Crippen molar-refractivity contribution in [3.05, 3.63) is 0 Å². The molecule has 1 atom stereocenters. The number of hydrogen-bond acceptors (Lipinski definition) is 2. The van der Waals surface area contributed by atoms with Crippen LogP contribution in [0.5, 0.6) is 0 Å². The van der Waals surface area contributed by atoms with Crippen molar-refractivity contribution in [2.75, 3.05) is 0 Å². The summed E-state index contributed by atoms with van der Waals surface area (Å²) in [5.41, 5.74) is 0. The first-order valence-electron chi connectivity index (χ1n) is 6.54. The maximum Gasteiger partial charge on any atom is 0.326 e. The van der Waals surface area contributed by atoms with Crippen molar-refractivity contribution < 1.29 is 14.7 Å². The van der Waals surface area contributed by atoms with Crippen LogP contribution in [0.2, 0.25) is 0 Å². The van der Waals surface area contributed by atoms with E-state index < -0.39 is 12.0 Å². The summed E-state index contributed by atoms with van der Waals surface area (Å²) in [6.45, 7) is 3.92. The molecule has 0 aromatic rings. The normalized spacial score (nSPS) is 19.0. The van der Waals surface area contributed by atoms with Crippen LogP contribution in [0.1, 0.15) is 52.4 Å². The van der Waals surface area contributed by atoms with Crippen molar-refractivity contribution in [1.29, 1.82) is 0 Å². The van der Waals surface area contributed by atoms with Gasteiger partial charge < -0.3 is 10.4 Å². The molecule has 1 amide bonds. The molecule has 1 aliphatic rings. The zero-order valence-corrected chi connectivity index (χ0v) is 10.7. The molecule has 0 aromatic carbocycles. The molecule has 98 valence electrons. The Kier molecular flexibility index (Phi) is 5.45. The molecular formula is C13H23NO3. The van der Waals surface area contributed by atoms with Crippen LogP contribution in [0.25, 0.3) is 0 Å². The fraction of sp³-hybridized carbons (Fsp3) is 0.846. The average Bonchev–Trinajstić information content (AvgIpc) is 2.28. The van der Waals surface area contributed by atoms with E-state index in [4.69, 9.17) is 5.11 Å². The largest absolute Gasteiger partial charge is 0.480 e. The first-order chi connectivity index (χ1) is 8.00. The Bertz CT molecular complexity index is 270. The van der Waals surface area contributed by atoms with E-state index in [0.29, 0.717) is 6.42 Å². The minimum absolute atomic E-state index is 0.0257. The number of amides is 1. The van der Waals surface area contributed by atoms with Crippen LogP contribution in [-0.4, -0.2) is 23.0 Å². The fourth-order valence-electron chi connectivity index (χ4n) is 2.35. The van der Waals surface area contributed by atoms with Crippen LogP contribution in [0.3, 0.4) is 0 Å². The van der Waals surface area contributed by atoms with Crippen molar-refractivity contribution in [2.45, 2.75) is 58.4 Å². The monoisotopic (exact) mass is 241 g/mol. The van der Waals surface area contributed by atoms with Gasteiger partial charge in [-0.05, 0) is 25.2 Å². The van der Waals surface area contributed by atoms with Crippen LogP contribution in [0, 0.1) is 11.8 Å². The summed E-state index contributed by atoms with van der Waals surface area (Å²) < 4.78 is 0. The third kappa shape index (κ3) is 4.75. The Morgan fingerprint density at radius 3 is 2.29 bits per heavy atom. The Hall–Kier alpha value is -1.06. The van der Waals surface area contributed by atoms with Crippen molar-refractivity contribution in [3.63, 3.8) is 0 Å². The molecule has 4 nitrogen and oxygen atoms in total. The molecule has 0 bridgehead atoms. The molecule has 0 aliphatic heterocycles. The summed E-state index contributed by atoms with van der Waals surface area (Å²) >= 11 is 0. The molecule has 0 unspecified atom stereocenters. The summed E-state index contributed by atoms with van der Waals surface area (Å²) in [6.07, 6.45) is 5.66. The maximum atomic E-state index is 11.9. The molecule has 17 heavy (non-hydrogen) atoms. The number of hydrogen-bond donors (Lipinski definition) is 2. The number of aliphatic carboxylic acids is 1. The predicted molar refractivity (Wildman–Crippen MR) is 65.6 cm³/mol. The number of carbonyl (C=O) groups excluding carboxylic acids is 1. The third-order valence-corrected chi connectivity index (χ3v) is 3.30. The summed E-state index contributed by atoms with van der Waals surface area (Å²) in [7, 11) is 0. The summed E-state index contributed by atoms with van der Waals surface area (Å²) in [4.78, 5) is 23.0. The topological polar surface area (TPSA) is 66.4 Å². The van der Waals surface area contributed by atoms with E-state index >= 15 is 0 Å². The van der Waals surface area contributed by atoms with E-state index in [1.807, 2.05) is 13.8 Å². The smallest absolute Gasteiger partial charge is 0.326 e. The van der Waals surface area contributed by atoms with E-state index in [2.05, 4.69) is 5.32 Å². The molecule has 1 rings (SSSR count). The minimum atomic E-state index is -0.928. The highest BCUT2D eigenvalue weighted by molar-refractivity contribution is 5.84. The second-order valence-electron chi connectivity index (χ2n) is 5.36. The van der Waals surface area contributed by atoms with Crippen LogP contribution < -0.4 is 5.32 Å². The van der Waals surface area contributed by atoms with Gasteiger partial charge >= 0.3 is 5.97 Å². The van der Waals surface area contributed by atoms with Gasteiger partial charge in [0, 0.05) is 5.92 Å². The number of carboxylic acids is 1. The van der Waals surface area contributed by atoms with E-state index in [9.17, 15) is 9.59 Å². The second-order valence-corrected chi connectivity index (χ2v) is 5.36. The molecule has 0 radical (unpaired) electrons. The quantitative estimate of drug-likeness (QED) is 0.775. The van der Waals surface area contributed by atoms with Gasteiger partial charge in [0.25, 0.3) is 0 Å². The molecule has 0 aromatic heterocycles. The highest BCUT2D eigenvalue weighted by Gasteiger charge is 2.26. The second kappa shape index (κ2) is 6.62. The van der Waals surface area contributed by atoms with Gasteiger partial charge in [-0.1, -0.05) is 33.1 Å². The van der Waals surface area contributed by atoms with Gasteiger partial charge in [-0.15, -0.1) is 0 Å². The minimum Gasteiger partial charge on any atom is -0.480 e. The number of rotatable bonds is 5.